The predicted molar refractivity (Wildman–Crippen MR) is 79.8 cm³/mol. The summed E-state index contributed by atoms with van der Waals surface area (Å²) in [4.78, 5) is 27.5. The summed E-state index contributed by atoms with van der Waals surface area (Å²) in [5.74, 6) is -0.323. The molecule has 0 aromatic carbocycles. The first-order chi connectivity index (χ1) is 10.1. The molecule has 0 saturated heterocycles. The number of nitrogens with zero attached hydrogens (tertiary/aromatic N) is 2. The summed E-state index contributed by atoms with van der Waals surface area (Å²) in [5, 5.41) is 3.02. The van der Waals surface area contributed by atoms with E-state index in [2.05, 4.69) is 10.3 Å². The minimum Gasteiger partial charge on any atom is -0.383 e. The molecular formula is C14H14ClN3O3. The van der Waals surface area contributed by atoms with Crippen molar-refractivity contribution in [3.63, 3.8) is 0 Å². The van der Waals surface area contributed by atoms with Gasteiger partial charge in [0.1, 0.15) is 5.15 Å². The summed E-state index contributed by atoms with van der Waals surface area (Å²) in [6.07, 6.45) is 2.96. The Labute approximate surface area is 126 Å². The van der Waals surface area contributed by atoms with Crippen molar-refractivity contribution < 1.29 is 9.53 Å². The van der Waals surface area contributed by atoms with Gasteiger partial charge in [-0.1, -0.05) is 11.6 Å². The number of hydrogen-bond donors (Lipinski definition) is 1. The maximum absolute atomic E-state index is 12.0. The van der Waals surface area contributed by atoms with Crippen LogP contribution in [0.1, 0.15) is 10.4 Å². The van der Waals surface area contributed by atoms with Gasteiger partial charge in [0.05, 0.1) is 17.9 Å². The Bertz CT molecular complexity index is 683. The van der Waals surface area contributed by atoms with Crippen LogP contribution in [0.15, 0.2) is 41.5 Å². The number of halogens is 1. The second-order valence-electron chi connectivity index (χ2n) is 4.27. The third kappa shape index (κ3) is 4.14. The molecule has 2 rings (SSSR count). The van der Waals surface area contributed by atoms with E-state index >= 15 is 0 Å². The molecule has 1 N–H and O–H groups in total. The number of hydrogen-bond acceptors (Lipinski definition) is 4. The number of ether oxygens (including phenoxy) is 1. The summed E-state index contributed by atoms with van der Waals surface area (Å²) in [6.45, 7) is 0.833. The lowest BCUT2D eigenvalue weighted by molar-refractivity contribution is 0.102. The number of amides is 1. The minimum absolute atomic E-state index is 0.154. The number of methoxy groups -OCH3 is 1. The maximum atomic E-state index is 12.0. The molecule has 2 aromatic heterocycles. The third-order valence-corrected chi connectivity index (χ3v) is 2.99. The molecule has 0 aliphatic rings. The van der Waals surface area contributed by atoms with Gasteiger partial charge in [-0.3, -0.25) is 9.59 Å². The van der Waals surface area contributed by atoms with Gasteiger partial charge in [-0.25, -0.2) is 4.98 Å². The first kappa shape index (κ1) is 15.2. The number of rotatable bonds is 5. The van der Waals surface area contributed by atoms with Crippen molar-refractivity contribution >= 4 is 23.2 Å². The molecule has 1 amide bonds. The Hall–Kier alpha value is -2.18. The number of carbonyl (C=O) groups excluding carboxylic acids is 1. The van der Waals surface area contributed by atoms with Gasteiger partial charge >= 0.3 is 0 Å². The molecule has 0 atom stereocenters. The lowest BCUT2D eigenvalue weighted by Crippen LogP contribution is -2.22. The lowest BCUT2D eigenvalue weighted by Gasteiger charge is -2.09. The second-order valence-corrected chi connectivity index (χ2v) is 4.65. The molecule has 2 aromatic rings. The van der Waals surface area contributed by atoms with Crippen LogP contribution < -0.4 is 10.9 Å². The molecule has 2 heterocycles. The average molecular weight is 308 g/mol. The number of nitrogens with one attached hydrogen (secondary N) is 1. The van der Waals surface area contributed by atoms with Gasteiger partial charge in [-0.2, -0.15) is 0 Å². The Morgan fingerprint density at radius 2 is 2.19 bits per heavy atom. The highest BCUT2D eigenvalue weighted by molar-refractivity contribution is 6.29. The molecule has 0 fully saturated rings. The van der Waals surface area contributed by atoms with Crippen LogP contribution in [0.5, 0.6) is 0 Å². The van der Waals surface area contributed by atoms with Crippen LogP contribution in [0.2, 0.25) is 5.15 Å². The van der Waals surface area contributed by atoms with Gasteiger partial charge in [-0.05, 0) is 18.2 Å². The van der Waals surface area contributed by atoms with E-state index in [1.165, 1.54) is 22.9 Å². The monoisotopic (exact) mass is 307 g/mol. The lowest BCUT2D eigenvalue weighted by atomic mass is 10.2. The van der Waals surface area contributed by atoms with Crippen molar-refractivity contribution in [1.29, 1.82) is 0 Å². The first-order valence-electron chi connectivity index (χ1n) is 6.22. The molecule has 6 nitrogen and oxygen atoms in total. The van der Waals surface area contributed by atoms with Crippen LogP contribution in [0.4, 0.5) is 5.69 Å². The summed E-state index contributed by atoms with van der Waals surface area (Å²) in [5.41, 5.74) is 0.748. The quantitative estimate of drug-likeness (QED) is 0.855. The molecule has 0 radical (unpaired) electrons. The van der Waals surface area contributed by atoms with E-state index in [4.69, 9.17) is 16.3 Å². The van der Waals surface area contributed by atoms with Crippen molar-refractivity contribution in [3.05, 3.63) is 57.7 Å². The topological polar surface area (TPSA) is 73.2 Å². The van der Waals surface area contributed by atoms with E-state index < -0.39 is 0 Å². The van der Waals surface area contributed by atoms with Gasteiger partial charge in [-0.15, -0.1) is 0 Å². The zero-order chi connectivity index (χ0) is 15.2. The Balaban J connectivity index is 2.13. The summed E-state index contributed by atoms with van der Waals surface area (Å²) >= 11 is 5.67. The third-order valence-electron chi connectivity index (χ3n) is 2.77. The highest BCUT2D eigenvalue weighted by atomic mass is 35.5. The molecule has 7 heteroatoms. The highest BCUT2D eigenvalue weighted by Gasteiger charge is 2.07. The van der Waals surface area contributed by atoms with Gasteiger partial charge in [0.2, 0.25) is 0 Å². The van der Waals surface area contributed by atoms with Crippen LogP contribution in [0.3, 0.4) is 0 Å². The fourth-order valence-corrected chi connectivity index (χ4v) is 1.79. The van der Waals surface area contributed by atoms with Gasteiger partial charge in [0, 0.05) is 32.1 Å². The number of aromatic nitrogens is 2. The molecule has 0 aliphatic heterocycles. The SMILES string of the molecule is COCCn1cc(NC(=O)c2ccc(Cl)nc2)ccc1=O. The molecule has 21 heavy (non-hydrogen) atoms. The van der Waals surface area contributed by atoms with Gasteiger partial charge in [0.25, 0.3) is 11.5 Å². The average Bonchev–Trinajstić information content (AvgIpc) is 2.48. The molecule has 0 bridgehead atoms. The zero-order valence-electron chi connectivity index (χ0n) is 11.4. The van der Waals surface area contributed by atoms with Crippen LogP contribution in [-0.2, 0) is 11.3 Å². The predicted octanol–water partition coefficient (Wildman–Crippen LogP) is 1.80. The Morgan fingerprint density at radius 1 is 1.38 bits per heavy atom. The van der Waals surface area contributed by atoms with Gasteiger partial charge < -0.3 is 14.6 Å². The minimum atomic E-state index is -0.323. The molecule has 0 saturated carbocycles. The molecule has 0 spiro atoms. The molecule has 0 aliphatic carbocycles. The Kier molecular flexibility index (Phi) is 5.08. The van der Waals surface area contributed by atoms with E-state index in [1.54, 1.807) is 25.4 Å². The van der Waals surface area contributed by atoms with Crippen LogP contribution in [0, 0.1) is 0 Å². The zero-order valence-corrected chi connectivity index (χ0v) is 12.1. The van der Waals surface area contributed by atoms with E-state index in [-0.39, 0.29) is 11.5 Å². The number of anilines is 1. The normalized spacial score (nSPS) is 10.4. The van der Waals surface area contributed by atoms with Crippen molar-refractivity contribution in [2.45, 2.75) is 6.54 Å². The largest absolute Gasteiger partial charge is 0.383 e. The van der Waals surface area contributed by atoms with E-state index in [9.17, 15) is 9.59 Å². The molecule has 0 unspecified atom stereocenters. The van der Waals surface area contributed by atoms with Crippen LogP contribution in [-0.4, -0.2) is 29.2 Å². The van der Waals surface area contributed by atoms with Gasteiger partial charge in [0.15, 0.2) is 0 Å². The number of carbonyl (C=O) groups is 1. The second kappa shape index (κ2) is 7.01. The summed E-state index contributed by atoms with van der Waals surface area (Å²) in [6, 6.07) is 6.06. The maximum Gasteiger partial charge on any atom is 0.257 e. The van der Waals surface area contributed by atoms with Crippen molar-refractivity contribution in [1.82, 2.24) is 9.55 Å². The summed E-state index contributed by atoms with van der Waals surface area (Å²) in [7, 11) is 1.56. The molecular weight excluding hydrogens is 294 g/mol. The van der Waals surface area contributed by atoms with E-state index in [0.29, 0.717) is 29.6 Å². The van der Waals surface area contributed by atoms with Crippen molar-refractivity contribution in [3.8, 4) is 0 Å². The first-order valence-corrected chi connectivity index (χ1v) is 6.60. The van der Waals surface area contributed by atoms with Crippen molar-refractivity contribution in [2.24, 2.45) is 0 Å². The van der Waals surface area contributed by atoms with E-state index in [1.807, 2.05) is 0 Å². The highest BCUT2D eigenvalue weighted by Crippen LogP contribution is 2.09. The number of pyridine rings is 2. The van der Waals surface area contributed by atoms with E-state index in [0.717, 1.165) is 0 Å². The van der Waals surface area contributed by atoms with Crippen molar-refractivity contribution in [2.75, 3.05) is 19.0 Å². The van der Waals surface area contributed by atoms with Crippen LogP contribution in [0.25, 0.3) is 0 Å². The smallest absolute Gasteiger partial charge is 0.257 e. The Morgan fingerprint density at radius 3 is 2.86 bits per heavy atom. The molecule has 110 valence electrons. The summed E-state index contributed by atoms with van der Waals surface area (Å²) < 4.78 is 6.41. The standard InChI is InChI=1S/C14H14ClN3O3/c1-21-7-6-18-9-11(3-5-13(18)19)17-14(20)10-2-4-12(15)16-8-10/h2-5,8-9H,6-7H2,1H3,(H,17,20). The fourth-order valence-electron chi connectivity index (χ4n) is 1.68. The van der Waals surface area contributed by atoms with Crippen LogP contribution >= 0.6 is 11.6 Å². The fraction of sp³-hybridized carbons (Fsp3) is 0.214.